The summed E-state index contributed by atoms with van der Waals surface area (Å²) in [5, 5.41) is 5.68. The van der Waals surface area contributed by atoms with Crippen LogP contribution in [-0.2, 0) is 9.53 Å². The van der Waals surface area contributed by atoms with Gasteiger partial charge < -0.3 is 25.2 Å². The predicted molar refractivity (Wildman–Crippen MR) is 120 cm³/mol. The Morgan fingerprint density at radius 2 is 1.84 bits per heavy atom. The number of carbonyl (C=O) groups excluding carboxylic acids is 3. The van der Waals surface area contributed by atoms with Crippen LogP contribution >= 0.6 is 11.3 Å². The average Bonchev–Trinajstić information content (AvgIpc) is 3.14. The number of anilines is 2. The number of benzene rings is 1. The van der Waals surface area contributed by atoms with Crippen molar-refractivity contribution < 1.29 is 19.1 Å². The van der Waals surface area contributed by atoms with Gasteiger partial charge in [0.15, 0.2) is 5.13 Å². The average molecular weight is 446 g/mol. The summed E-state index contributed by atoms with van der Waals surface area (Å²) >= 11 is 1.05. The molecule has 0 bridgehead atoms. The van der Waals surface area contributed by atoms with Gasteiger partial charge in [-0.1, -0.05) is 29.5 Å². The van der Waals surface area contributed by atoms with Crippen molar-refractivity contribution in [2.45, 2.75) is 26.8 Å². The predicted octanol–water partition coefficient (Wildman–Crippen LogP) is 2.49. The normalized spacial score (nSPS) is 14.7. The first-order valence-corrected chi connectivity index (χ1v) is 11.0. The topological polar surface area (TPSA) is 104 Å². The molecule has 0 spiro atoms. The molecule has 0 aliphatic carbocycles. The number of thiazole rings is 1. The minimum atomic E-state index is -0.755. The Balaban J connectivity index is 1.49. The molecule has 1 saturated heterocycles. The van der Waals surface area contributed by atoms with Crippen molar-refractivity contribution in [3.63, 3.8) is 0 Å². The monoisotopic (exact) mass is 445 g/mol. The molecule has 2 heterocycles. The van der Waals surface area contributed by atoms with Crippen LogP contribution in [0.5, 0.6) is 0 Å². The molecule has 1 fully saturated rings. The van der Waals surface area contributed by atoms with Gasteiger partial charge in [0.1, 0.15) is 10.9 Å². The van der Waals surface area contributed by atoms with E-state index in [1.54, 1.807) is 25.7 Å². The third kappa shape index (κ3) is 5.72. The zero-order valence-electron chi connectivity index (χ0n) is 17.9. The van der Waals surface area contributed by atoms with Gasteiger partial charge in [-0.25, -0.2) is 14.6 Å². The molecule has 3 amide bonds. The van der Waals surface area contributed by atoms with Gasteiger partial charge >= 0.3 is 12.0 Å². The first kappa shape index (κ1) is 22.5. The van der Waals surface area contributed by atoms with Crippen LogP contribution < -0.4 is 15.5 Å². The van der Waals surface area contributed by atoms with Gasteiger partial charge in [0.2, 0.25) is 5.91 Å². The number of hydrogen-bond donors (Lipinski definition) is 2. The number of hydrogen-bond acceptors (Lipinski definition) is 7. The Hall–Kier alpha value is -3.14. The SMILES string of the molecule is CCOC(=O)c1sc(NC(=O)[C@H](C)NC(=O)N2CCN(c3ccccc3)CC2)nc1C. The molecule has 31 heavy (non-hydrogen) atoms. The molecular formula is C21H27N5O4S. The van der Waals surface area contributed by atoms with E-state index in [-0.39, 0.29) is 12.6 Å². The minimum absolute atomic E-state index is 0.264. The second-order valence-electron chi connectivity index (χ2n) is 7.12. The number of aromatic nitrogens is 1. The van der Waals surface area contributed by atoms with Gasteiger partial charge in [-0.3, -0.25) is 4.79 Å². The summed E-state index contributed by atoms with van der Waals surface area (Å²) in [5.74, 6) is -0.866. The molecule has 2 N–H and O–H groups in total. The van der Waals surface area contributed by atoms with Crippen LogP contribution in [0.3, 0.4) is 0 Å². The lowest BCUT2D eigenvalue weighted by Crippen LogP contribution is -2.54. The number of ether oxygens (including phenoxy) is 1. The fourth-order valence-corrected chi connectivity index (χ4v) is 4.06. The maximum Gasteiger partial charge on any atom is 0.350 e. The molecule has 1 aromatic heterocycles. The zero-order valence-corrected chi connectivity index (χ0v) is 18.7. The van der Waals surface area contributed by atoms with E-state index in [1.807, 2.05) is 18.2 Å². The minimum Gasteiger partial charge on any atom is -0.462 e. The maximum absolute atomic E-state index is 12.6. The standard InChI is InChI=1S/C21H27N5O4S/c1-4-30-19(28)17-14(2)22-20(31-17)24-18(27)15(3)23-21(29)26-12-10-25(11-13-26)16-8-6-5-7-9-16/h5-9,15H,4,10-13H2,1-3H3,(H,23,29)(H,22,24,27)/t15-/m0/s1. The van der Waals surface area contributed by atoms with E-state index in [4.69, 9.17) is 4.74 Å². The Morgan fingerprint density at radius 3 is 2.48 bits per heavy atom. The van der Waals surface area contributed by atoms with E-state index in [0.29, 0.717) is 28.8 Å². The van der Waals surface area contributed by atoms with Crippen molar-refractivity contribution in [1.29, 1.82) is 0 Å². The number of rotatable bonds is 6. The number of nitrogens with one attached hydrogen (secondary N) is 2. The van der Waals surface area contributed by atoms with Crippen LogP contribution in [-0.4, -0.2) is 66.6 Å². The smallest absolute Gasteiger partial charge is 0.350 e. The van der Waals surface area contributed by atoms with E-state index in [1.165, 1.54) is 0 Å². The van der Waals surface area contributed by atoms with Gasteiger partial charge in [0.25, 0.3) is 0 Å². The van der Waals surface area contributed by atoms with E-state index >= 15 is 0 Å². The second-order valence-corrected chi connectivity index (χ2v) is 8.12. The first-order valence-electron chi connectivity index (χ1n) is 10.2. The number of nitrogens with zero attached hydrogens (tertiary/aromatic N) is 3. The Morgan fingerprint density at radius 1 is 1.16 bits per heavy atom. The summed E-state index contributed by atoms with van der Waals surface area (Å²) in [6.45, 7) is 7.88. The lowest BCUT2D eigenvalue weighted by Gasteiger charge is -2.36. The number of para-hydroxylation sites is 1. The molecule has 0 radical (unpaired) electrons. The van der Waals surface area contributed by atoms with Gasteiger partial charge in [-0.05, 0) is 32.9 Å². The number of urea groups is 1. The lowest BCUT2D eigenvalue weighted by molar-refractivity contribution is -0.117. The van der Waals surface area contributed by atoms with Crippen molar-refractivity contribution in [2.24, 2.45) is 0 Å². The number of esters is 1. The van der Waals surface area contributed by atoms with Crippen molar-refractivity contribution in [3.8, 4) is 0 Å². The van der Waals surface area contributed by atoms with E-state index in [2.05, 4.69) is 32.7 Å². The summed E-state index contributed by atoms with van der Waals surface area (Å²) in [5.41, 5.74) is 1.63. The van der Waals surface area contributed by atoms with Gasteiger partial charge in [-0.15, -0.1) is 0 Å². The fraction of sp³-hybridized carbons (Fsp3) is 0.429. The van der Waals surface area contributed by atoms with Crippen molar-refractivity contribution in [1.82, 2.24) is 15.2 Å². The molecule has 1 aromatic carbocycles. The fourth-order valence-electron chi connectivity index (χ4n) is 3.20. The van der Waals surface area contributed by atoms with Crippen LogP contribution in [0.15, 0.2) is 30.3 Å². The summed E-state index contributed by atoms with van der Waals surface area (Å²) in [6, 6.07) is 9.03. The van der Waals surface area contributed by atoms with Crippen LogP contribution in [0, 0.1) is 6.92 Å². The summed E-state index contributed by atoms with van der Waals surface area (Å²) < 4.78 is 4.98. The second kappa shape index (κ2) is 10.3. The molecule has 1 atom stereocenters. The summed E-state index contributed by atoms with van der Waals surface area (Å²) in [4.78, 5) is 45.4. The highest BCUT2D eigenvalue weighted by Gasteiger charge is 2.25. The molecule has 1 aliphatic rings. The summed E-state index contributed by atoms with van der Waals surface area (Å²) in [7, 11) is 0. The quantitative estimate of drug-likeness (QED) is 0.662. The highest BCUT2D eigenvalue weighted by Crippen LogP contribution is 2.23. The van der Waals surface area contributed by atoms with Crippen LogP contribution in [0.2, 0.25) is 0 Å². The first-order chi connectivity index (χ1) is 14.9. The van der Waals surface area contributed by atoms with Crippen molar-refractivity contribution in [3.05, 3.63) is 40.9 Å². The maximum atomic E-state index is 12.6. The summed E-state index contributed by atoms with van der Waals surface area (Å²) in [6.07, 6.45) is 0. The Labute approximate surface area is 185 Å². The zero-order chi connectivity index (χ0) is 22.4. The van der Waals surface area contributed by atoms with Crippen molar-refractivity contribution in [2.75, 3.05) is 43.0 Å². The Bertz CT molecular complexity index is 925. The molecule has 0 unspecified atom stereocenters. The van der Waals surface area contributed by atoms with E-state index in [0.717, 1.165) is 30.1 Å². The molecular weight excluding hydrogens is 418 g/mol. The molecule has 0 saturated carbocycles. The Kier molecular flexibility index (Phi) is 7.45. The highest BCUT2D eigenvalue weighted by molar-refractivity contribution is 7.17. The highest BCUT2D eigenvalue weighted by atomic mass is 32.1. The number of amides is 3. The lowest BCUT2D eigenvalue weighted by atomic mass is 10.2. The van der Waals surface area contributed by atoms with Crippen LogP contribution in [0.25, 0.3) is 0 Å². The van der Waals surface area contributed by atoms with Crippen molar-refractivity contribution >= 4 is 40.1 Å². The van der Waals surface area contributed by atoms with E-state index < -0.39 is 17.9 Å². The third-order valence-electron chi connectivity index (χ3n) is 4.91. The van der Waals surface area contributed by atoms with Crippen LogP contribution in [0.1, 0.15) is 29.2 Å². The van der Waals surface area contributed by atoms with Gasteiger partial charge in [0.05, 0.1) is 12.3 Å². The number of carbonyl (C=O) groups is 3. The number of aryl methyl sites for hydroxylation is 1. The molecule has 9 nitrogen and oxygen atoms in total. The molecule has 3 rings (SSSR count). The van der Waals surface area contributed by atoms with Crippen LogP contribution in [0.4, 0.5) is 15.6 Å². The third-order valence-corrected chi connectivity index (χ3v) is 5.96. The molecule has 1 aliphatic heterocycles. The van der Waals surface area contributed by atoms with Gasteiger partial charge in [0, 0.05) is 31.9 Å². The number of piperazine rings is 1. The molecule has 2 aromatic rings. The van der Waals surface area contributed by atoms with E-state index in [9.17, 15) is 14.4 Å². The van der Waals surface area contributed by atoms with Gasteiger partial charge in [-0.2, -0.15) is 0 Å². The largest absolute Gasteiger partial charge is 0.462 e. The molecule has 10 heteroatoms. The molecule has 166 valence electrons.